The monoisotopic (exact) mass is 732 g/mol. The molecule has 6 rings (SSSR count). The van der Waals surface area contributed by atoms with E-state index in [9.17, 15) is 30.6 Å². The standard InChI is InChI=1S/2C15H20N3O6.Fe/c2*19-7-11-12(20)13(21)14(22)15(24-11)23-8-10-6-18(17-16-10)5-9-3-1-2-4-9;/h2*1-4,6,11-15,19-22H,5,7-8H2;/q2*-1;+2/t2*11-,12-,13+,14-,15-;/m11./s1. The SMILES string of the molecule is OC[C@H]1O[C@@H](OCc2cn(Cc3ccc[cH-]3)nn2)[C@H](O)[C@@H](O)[C@@H]1O.OC[C@H]1O[C@@H](OCc2cn(Cc3ccc[cH-]3)nn2)[C@H](O)[C@@H](O)[C@@H]1O.[Fe+2]. The van der Waals surface area contributed by atoms with Gasteiger partial charge >= 0.3 is 17.1 Å². The van der Waals surface area contributed by atoms with Crippen molar-refractivity contribution in [2.45, 2.75) is 87.7 Å². The van der Waals surface area contributed by atoms with E-state index in [1.54, 1.807) is 21.8 Å². The molecule has 10 atom stereocenters. The van der Waals surface area contributed by atoms with Gasteiger partial charge < -0.3 is 59.8 Å². The van der Waals surface area contributed by atoms with Gasteiger partial charge in [-0.05, 0) is 0 Å². The third kappa shape index (κ3) is 10.1. The third-order valence-corrected chi connectivity index (χ3v) is 7.81. The van der Waals surface area contributed by atoms with Gasteiger partial charge in [0.25, 0.3) is 0 Å². The molecule has 2 aromatic carbocycles. The third-order valence-electron chi connectivity index (χ3n) is 7.81. The number of aliphatic hydroxyl groups is 8. The van der Waals surface area contributed by atoms with E-state index in [1.807, 2.05) is 48.5 Å². The predicted octanol–water partition coefficient (Wildman–Crippen LogP) is -3.28. The zero-order chi connectivity index (χ0) is 34.2. The fourth-order valence-corrected chi connectivity index (χ4v) is 5.12. The molecule has 4 aromatic rings. The van der Waals surface area contributed by atoms with Crippen LogP contribution in [0.5, 0.6) is 0 Å². The van der Waals surface area contributed by atoms with E-state index in [-0.39, 0.29) is 30.3 Å². The van der Waals surface area contributed by atoms with Gasteiger partial charge in [-0.15, -0.1) is 21.3 Å². The van der Waals surface area contributed by atoms with Crippen molar-refractivity contribution in [1.29, 1.82) is 0 Å². The first-order valence-corrected chi connectivity index (χ1v) is 15.2. The van der Waals surface area contributed by atoms with Gasteiger partial charge in [-0.3, -0.25) is 0 Å². The molecule has 0 amide bonds. The van der Waals surface area contributed by atoms with Crippen LogP contribution in [0.15, 0.2) is 60.9 Å². The number of nitrogens with zero attached hydrogens (tertiary/aromatic N) is 6. The molecule has 2 saturated heterocycles. The second-order valence-electron chi connectivity index (χ2n) is 11.4. The Morgan fingerprint density at radius 2 is 1.04 bits per heavy atom. The van der Waals surface area contributed by atoms with Gasteiger partial charge in [0, 0.05) is 13.1 Å². The van der Waals surface area contributed by atoms with E-state index in [0.717, 1.165) is 11.1 Å². The van der Waals surface area contributed by atoms with Crippen molar-refractivity contribution in [2.24, 2.45) is 0 Å². The molecule has 49 heavy (non-hydrogen) atoms. The number of aromatic nitrogens is 6. The van der Waals surface area contributed by atoms with Gasteiger partial charge in [0.2, 0.25) is 0 Å². The van der Waals surface area contributed by atoms with Crippen molar-refractivity contribution < 1.29 is 76.9 Å². The van der Waals surface area contributed by atoms with Gasteiger partial charge in [0.1, 0.15) is 60.2 Å². The molecule has 2 aliphatic rings. The molecule has 18 nitrogen and oxygen atoms in total. The second kappa shape index (κ2) is 18.3. The van der Waals surface area contributed by atoms with Gasteiger partial charge in [-0.1, -0.05) is 10.4 Å². The smallest absolute Gasteiger partial charge is 0.394 e. The maximum atomic E-state index is 9.89. The van der Waals surface area contributed by atoms with Crippen molar-refractivity contribution in [3.8, 4) is 0 Å². The molecule has 2 fully saturated rings. The first kappa shape index (κ1) is 38.8. The van der Waals surface area contributed by atoms with Crippen LogP contribution >= 0.6 is 0 Å². The fraction of sp³-hybridized carbons (Fsp3) is 0.533. The number of aliphatic hydroxyl groups excluding tert-OH is 8. The molecule has 2 aliphatic heterocycles. The summed E-state index contributed by atoms with van der Waals surface area (Å²) in [7, 11) is 0. The van der Waals surface area contributed by atoms with Crippen molar-refractivity contribution >= 4 is 0 Å². The van der Waals surface area contributed by atoms with Crippen LogP contribution in [-0.2, 0) is 62.3 Å². The van der Waals surface area contributed by atoms with Crippen molar-refractivity contribution in [3.63, 3.8) is 0 Å². The van der Waals surface area contributed by atoms with Crippen molar-refractivity contribution in [2.75, 3.05) is 13.2 Å². The van der Waals surface area contributed by atoms with Gasteiger partial charge in [0.15, 0.2) is 12.6 Å². The van der Waals surface area contributed by atoms with E-state index >= 15 is 0 Å². The molecule has 0 radical (unpaired) electrons. The average molecular weight is 733 g/mol. The minimum atomic E-state index is -1.46. The summed E-state index contributed by atoms with van der Waals surface area (Å²) in [6.07, 6.45) is -9.55. The summed E-state index contributed by atoms with van der Waals surface area (Å²) >= 11 is 0. The van der Waals surface area contributed by atoms with E-state index in [0.29, 0.717) is 24.5 Å². The number of ether oxygens (including phenoxy) is 4. The van der Waals surface area contributed by atoms with Crippen LogP contribution in [0, 0.1) is 0 Å². The van der Waals surface area contributed by atoms with E-state index in [2.05, 4.69) is 20.6 Å². The zero-order valence-corrected chi connectivity index (χ0v) is 27.1. The molecule has 270 valence electrons. The van der Waals surface area contributed by atoms with E-state index < -0.39 is 74.6 Å². The first-order valence-electron chi connectivity index (χ1n) is 15.2. The molecular weight excluding hydrogens is 692 g/mol. The Morgan fingerprint density at radius 1 is 0.633 bits per heavy atom. The molecule has 0 saturated carbocycles. The first-order chi connectivity index (χ1) is 23.2. The molecule has 8 N–H and O–H groups in total. The molecule has 0 aliphatic carbocycles. The summed E-state index contributed by atoms with van der Waals surface area (Å²) in [5.41, 5.74) is 3.25. The Morgan fingerprint density at radius 3 is 1.39 bits per heavy atom. The van der Waals surface area contributed by atoms with Crippen LogP contribution in [0.3, 0.4) is 0 Å². The minimum absolute atomic E-state index is 0. The summed E-state index contributed by atoms with van der Waals surface area (Å²) < 4.78 is 24.6. The molecule has 19 heteroatoms. The second-order valence-corrected chi connectivity index (χ2v) is 11.4. The molecular formula is C30H40FeN6O12. The fourth-order valence-electron chi connectivity index (χ4n) is 5.12. The summed E-state index contributed by atoms with van der Waals surface area (Å²) in [6.45, 7) is 0.175. The average Bonchev–Trinajstić information content (AvgIpc) is 3.93. The Bertz CT molecular complexity index is 1380. The number of hydrogen-bond acceptors (Lipinski definition) is 16. The summed E-state index contributed by atoms with van der Waals surface area (Å²) in [5, 5.41) is 92.8. The minimum Gasteiger partial charge on any atom is -0.394 e. The number of rotatable bonds is 12. The van der Waals surface area contributed by atoms with Crippen molar-refractivity contribution in [3.05, 3.63) is 83.4 Å². The summed E-state index contributed by atoms with van der Waals surface area (Å²) in [6, 6.07) is 15.7. The molecule has 0 unspecified atom stereocenters. The Labute approximate surface area is 290 Å². The van der Waals surface area contributed by atoms with Crippen LogP contribution in [0.4, 0.5) is 0 Å². The van der Waals surface area contributed by atoms with Crippen LogP contribution < -0.4 is 0 Å². The maximum Gasteiger partial charge on any atom is 2.00 e. The van der Waals surface area contributed by atoms with Crippen molar-refractivity contribution in [1.82, 2.24) is 30.0 Å². The van der Waals surface area contributed by atoms with Gasteiger partial charge in [-0.2, -0.15) is 24.3 Å². The Balaban J connectivity index is 0.000000216. The summed E-state index contributed by atoms with van der Waals surface area (Å²) in [4.78, 5) is 0. The van der Waals surface area contributed by atoms with E-state index in [4.69, 9.17) is 29.2 Å². The van der Waals surface area contributed by atoms with Gasteiger partial charge in [0.05, 0.1) is 38.8 Å². The van der Waals surface area contributed by atoms with Crippen LogP contribution in [0.25, 0.3) is 0 Å². The topological polar surface area (TPSA) is 260 Å². The van der Waals surface area contributed by atoms with Crippen LogP contribution in [-0.4, -0.2) is 145 Å². The summed E-state index contributed by atoms with van der Waals surface area (Å²) in [5.74, 6) is 0. The largest absolute Gasteiger partial charge is 2.00 e. The Hall–Kier alpha value is -2.98. The maximum absolute atomic E-state index is 9.89. The Kier molecular flexibility index (Phi) is 14.5. The normalized spacial score (nSPS) is 30.0. The molecule has 0 bridgehead atoms. The van der Waals surface area contributed by atoms with E-state index in [1.165, 1.54) is 0 Å². The van der Waals surface area contributed by atoms with Crippen LogP contribution in [0.1, 0.15) is 22.5 Å². The quantitative estimate of drug-likeness (QED) is 0.0525. The van der Waals surface area contributed by atoms with Gasteiger partial charge in [-0.25, -0.2) is 33.6 Å². The van der Waals surface area contributed by atoms with Crippen LogP contribution in [0.2, 0.25) is 0 Å². The molecule has 2 aromatic heterocycles. The zero-order valence-electron chi connectivity index (χ0n) is 26.0. The molecule has 0 spiro atoms. The predicted molar refractivity (Wildman–Crippen MR) is 159 cm³/mol. The number of hydrogen-bond donors (Lipinski definition) is 8. The molecule has 4 heterocycles.